The normalized spacial score (nSPS) is 11.8. The minimum absolute atomic E-state index is 0.232. The molecule has 1 N–H and O–H groups in total. The summed E-state index contributed by atoms with van der Waals surface area (Å²) in [6.07, 6.45) is 1.69. The molecule has 19 heavy (non-hydrogen) atoms. The Kier molecular flexibility index (Phi) is 17.3. The maximum absolute atomic E-state index is 10.2. The molecule has 0 amide bonds. The fraction of sp³-hybridized carbons (Fsp3) is 0.647. The highest BCUT2D eigenvalue weighted by molar-refractivity contribution is 7.79. The molecule has 1 aromatic rings. The third kappa shape index (κ3) is 9.12. The van der Waals surface area contributed by atoms with Crippen LogP contribution in [-0.2, 0) is 5.60 Å². The smallest absolute Gasteiger partial charge is 0.0891 e. The van der Waals surface area contributed by atoms with Crippen LogP contribution >= 0.6 is 12.6 Å². The minimum atomic E-state index is -0.715. The number of hydrogen-bond donors (Lipinski definition) is 2. The molecule has 1 nitrogen and oxygen atoms in total. The van der Waals surface area contributed by atoms with Crippen LogP contribution < -0.4 is 0 Å². The first kappa shape index (κ1) is 23.6. The van der Waals surface area contributed by atoms with Crippen LogP contribution in [0.3, 0.4) is 0 Å². The first-order chi connectivity index (χ1) is 8.94. The first-order valence-electron chi connectivity index (χ1n) is 7.19. The second-order valence-electron chi connectivity index (χ2n) is 4.17. The molecule has 1 atom stereocenters. The molecule has 2 heteroatoms. The molecule has 0 aliphatic carbocycles. The number of benzene rings is 1. The lowest BCUT2D eigenvalue weighted by Gasteiger charge is -2.28. The molecule has 114 valence electrons. The van der Waals surface area contributed by atoms with Crippen molar-refractivity contribution in [1.29, 1.82) is 0 Å². The number of rotatable bonds is 2. The van der Waals surface area contributed by atoms with Crippen LogP contribution in [-0.4, -0.2) is 11.4 Å². The number of thiol groups is 1. The van der Waals surface area contributed by atoms with Gasteiger partial charge in [0.25, 0.3) is 0 Å². The highest BCUT2D eigenvalue weighted by Crippen LogP contribution is 2.28. The molecule has 0 aromatic heterocycles. The van der Waals surface area contributed by atoms with E-state index in [1.54, 1.807) is 6.26 Å². The second kappa shape index (κ2) is 14.0. The van der Waals surface area contributed by atoms with Gasteiger partial charge in [0.1, 0.15) is 0 Å². The van der Waals surface area contributed by atoms with Crippen molar-refractivity contribution in [3.05, 3.63) is 35.4 Å². The largest absolute Gasteiger partial charge is 0.385 e. The molecule has 0 saturated heterocycles. The van der Waals surface area contributed by atoms with Gasteiger partial charge in [0.15, 0.2) is 0 Å². The summed E-state index contributed by atoms with van der Waals surface area (Å²) in [6, 6.07) is 8.06. The zero-order valence-corrected chi connectivity index (χ0v) is 15.2. The fourth-order valence-electron chi connectivity index (χ4n) is 1.22. The van der Waals surface area contributed by atoms with Gasteiger partial charge in [-0.25, -0.2) is 0 Å². The summed E-state index contributed by atoms with van der Waals surface area (Å²) in [6.45, 7) is 16.0. The van der Waals surface area contributed by atoms with Crippen LogP contribution in [0, 0.1) is 12.8 Å². The molecule has 1 rings (SSSR count). The van der Waals surface area contributed by atoms with E-state index in [9.17, 15) is 5.11 Å². The maximum atomic E-state index is 10.2. The second-order valence-corrected chi connectivity index (χ2v) is 4.17. The lowest BCUT2D eigenvalue weighted by Crippen LogP contribution is -2.27. The molecule has 1 unspecified atom stereocenters. The molecule has 0 heterocycles. The van der Waals surface area contributed by atoms with Gasteiger partial charge in [0.05, 0.1) is 5.60 Å². The van der Waals surface area contributed by atoms with E-state index in [4.69, 9.17) is 0 Å². The molecule has 0 aliphatic heterocycles. The Labute approximate surface area is 126 Å². The van der Waals surface area contributed by atoms with Crippen LogP contribution in [0.1, 0.15) is 59.6 Å². The average molecular weight is 287 g/mol. The third-order valence-electron chi connectivity index (χ3n) is 2.76. The standard InChI is InChI=1S/C12H18O.2C2H6.CH4S/c1-9(2)12(4,13)11-7-5-10(3)6-8-11;3*1-2/h5-9,13H,1-4H3;2*1-2H3;2H,1H3. The lowest BCUT2D eigenvalue weighted by molar-refractivity contribution is 0.00904. The monoisotopic (exact) mass is 286 g/mol. The van der Waals surface area contributed by atoms with Gasteiger partial charge in [-0.1, -0.05) is 71.4 Å². The Balaban J connectivity index is -0.000000375. The molecule has 0 radical (unpaired) electrons. The Hall–Kier alpha value is -0.470. The van der Waals surface area contributed by atoms with Crippen LogP contribution in [0.25, 0.3) is 0 Å². The zero-order chi connectivity index (χ0) is 16.1. The van der Waals surface area contributed by atoms with Gasteiger partial charge in [-0.15, -0.1) is 0 Å². The molecule has 0 aliphatic rings. The quantitative estimate of drug-likeness (QED) is 0.692. The van der Waals surface area contributed by atoms with Crippen molar-refractivity contribution in [3.8, 4) is 0 Å². The van der Waals surface area contributed by atoms with Crippen LogP contribution in [0.4, 0.5) is 0 Å². The van der Waals surface area contributed by atoms with Crippen molar-refractivity contribution in [2.24, 2.45) is 5.92 Å². The van der Waals surface area contributed by atoms with E-state index < -0.39 is 5.60 Å². The topological polar surface area (TPSA) is 20.2 Å². The summed E-state index contributed by atoms with van der Waals surface area (Å²) in [5, 5.41) is 10.2. The molecule has 0 bridgehead atoms. The average Bonchev–Trinajstić information content (AvgIpc) is 2.46. The molecular formula is C17H34OS. The van der Waals surface area contributed by atoms with Crippen molar-refractivity contribution in [2.75, 3.05) is 6.26 Å². The summed E-state index contributed by atoms with van der Waals surface area (Å²) in [7, 11) is 0. The van der Waals surface area contributed by atoms with Gasteiger partial charge in [-0.05, 0) is 31.6 Å². The van der Waals surface area contributed by atoms with Crippen LogP contribution in [0.5, 0.6) is 0 Å². The van der Waals surface area contributed by atoms with Crippen molar-refractivity contribution in [3.63, 3.8) is 0 Å². The molecule has 0 spiro atoms. The van der Waals surface area contributed by atoms with Crippen molar-refractivity contribution in [2.45, 2.75) is 61.0 Å². The van der Waals surface area contributed by atoms with E-state index in [1.807, 2.05) is 79.7 Å². The Morgan fingerprint density at radius 1 is 0.947 bits per heavy atom. The van der Waals surface area contributed by atoms with Gasteiger partial charge < -0.3 is 5.11 Å². The maximum Gasteiger partial charge on any atom is 0.0891 e. The van der Waals surface area contributed by atoms with Gasteiger partial charge in [0.2, 0.25) is 0 Å². The Morgan fingerprint density at radius 2 is 1.26 bits per heavy atom. The summed E-state index contributed by atoms with van der Waals surface area (Å²) in [5.41, 5.74) is 1.50. The van der Waals surface area contributed by atoms with E-state index in [0.717, 1.165) is 5.56 Å². The molecule has 0 fully saturated rings. The van der Waals surface area contributed by atoms with Gasteiger partial charge >= 0.3 is 0 Å². The number of aliphatic hydroxyl groups is 1. The predicted octanol–water partition coefficient (Wildman–Crippen LogP) is 5.46. The summed E-state index contributed by atoms with van der Waals surface area (Å²) in [5.74, 6) is 0.232. The third-order valence-corrected chi connectivity index (χ3v) is 2.76. The highest BCUT2D eigenvalue weighted by atomic mass is 32.1. The zero-order valence-electron chi connectivity index (χ0n) is 14.3. The van der Waals surface area contributed by atoms with Crippen LogP contribution in [0.2, 0.25) is 0 Å². The molecule has 0 saturated carbocycles. The molecule has 1 aromatic carbocycles. The van der Waals surface area contributed by atoms with E-state index in [-0.39, 0.29) is 5.92 Å². The van der Waals surface area contributed by atoms with Crippen molar-refractivity contribution < 1.29 is 5.11 Å². The fourth-order valence-corrected chi connectivity index (χ4v) is 1.22. The Morgan fingerprint density at radius 3 is 1.53 bits per heavy atom. The van der Waals surface area contributed by atoms with E-state index in [1.165, 1.54) is 5.56 Å². The molecular weight excluding hydrogens is 252 g/mol. The predicted molar refractivity (Wildman–Crippen MR) is 93.2 cm³/mol. The number of aryl methyl sites for hydroxylation is 1. The van der Waals surface area contributed by atoms with Crippen molar-refractivity contribution >= 4 is 12.6 Å². The lowest BCUT2D eigenvalue weighted by atomic mass is 9.85. The Bertz CT molecular complexity index is 276. The first-order valence-corrected chi connectivity index (χ1v) is 8.08. The van der Waals surface area contributed by atoms with E-state index >= 15 is 0 Å². The highest BCUT2D eigenvalue weighted by Gasteiger charge is 2.26. The van der Waals surface area contributed by atoms with Gasteiger partial charge in [-0.2, -0.15) is 12.6 Å². The van der Waals surface area contributed by atoms with Crippen LogP contribution in [0.15, 0.2) is 24.3 Å². The van der Waals surface area contributed by atoms with E-state index in [2.05, 4.69) is 12.6 Å². The summed E-state index contributed by atoms with van der Waals surface area (Å²) < 4.78 is 0. The van der Waals surface area contributed by atoms with Crippen molar-refractivity contribution in [1.82, 2.24) is 0 Å². The minimum Gasteiger partial charge on any atom is -0.385 e. The van der Waals surface area contributed by atoms with E-state index in [0.29, 0.717) is 0 Å². The summed E-state index contributed by atoms with van der Waals surface area (Å²) in [4.78, 5) is 0. The van der Waals surface area contributed by atoms with Gasteiger partial charge in [-0.3, -0.25) is 0 Å². The summed E-state index contributed by atoms with van der Waals surface area (Å²) >= 11 is 3.53. The number of hydrogen-bond acceptors (Lipinski definition) is 2. The SMILES string of the molecule is CC.CC.CS.Cc1ccc(C(C)(O)C(C)C)cc1. The van der Waals surface area contributed by atoms with Gasteiger partial charge in [0, 0.05) is 0 Å².